The van der Waals surface area contributed by atoms with Gasteiger partial charge in [-0.3, -0.25) is 10.6 Å². The first-order valence-electron chi connectivity index (χ1n) is 11.8. The molecule has 0 atom stereocenters. The van der Waals surface area contributed by atoms with E-state index in [4.69, 9.17) is 18.5 Å². The Morgan fingerprint density at radius 2 is 1.22 bits per heavy atom. The van der Waals surface area contributed by atoms with E-state index in [0.29, 0.717) is 5.69 Å². The quantitative estimate of drug-likeness (QED) is 0.421. The Labute approximate surface area is 218 Å². The lowest BCUT2D eigenvalue weighted by molar-refractivity contribution is -0.111. The second-order valence-electron chi connectivity index (χ2n) is 11.7. The average molecular weight is 524 g/mol. The summed E-state index contributed by atoms with van der Waals surface area (Å²) in [5, 5.41) is 15.7. The standard InChI is InChI=1S/C13H23N3O3.C12H18N2O4/c1-12(2,3)18-11(17)15-10-7-9(16-19-10)13(4,5)8-14-6;1-11(2,3)17-10(16)13-9-6-8(14-18-9)12(4,5)7-15/h7,14H,8H2,1-6H3,(H,15,17);6-7H,1-5H3,(H,13,16). The van der Waals surface area contributed by atoms with Crippen molar-refractivity contribution in [1.29, 1.82) is 0 Å². The van der Waals surface area contributed by atoms with Gasteiger partial charge in [-0.05, 0) is 62.4 Å². The highest BCUT2D eigenvalue weighted by Gasteiger charge is 2.26. The number of carbonyl (C=O) groups is 3. The molecule has 0 spiro atoms. The topological polar surface area (TPSA) is 158 Å². The maximum atomic E-state index is 11.6. The fourth-order valence-electron chi connectivity index (χ4n) is 2.69. The smallest absolute Gasteiger partial charge is 0.414 e. The minimum absolute atomic E-state index is 0.147. The number of likely N-dealkylation sites (N-methyl/N-ethyl adjacent to an activating group) is 1. The van der Waals surface area contributed by atoms with E-state index in [0.717, 1.165) is 18.5 Å². The van der Waals surface area contributed by atoms with E-state index in [-0.39, 0.29) is 17.2 Å². The molecule has 2 amide bonds. The van der Waals surface area contributed by atoms with Crippen LogP contribution in [0.5, 0.6) is 0 Å². The molecule has 2 aromatic heterocycles. The summed E-state index contributed by atoms with van der Waals surface area (Å²) in [6, 6.07) is 3.21. The maximum absolute atomic E-state index is 11.6. The third-order valence-corrected chi connectivity index (χ3v) is 4.54. The van der Waals surface area contributed by atoms with Crippen molar-refractivity contribution in [3.63, 3.8) is 0 Å². The summed E-state index contributed by atoms with van der Waals surface area (Å²) < 4.78 is 20.2. The third-order valence-electron chi connectivity index (χ3n) is 4.54. The summed E-state index contributed by atoms with van der Waals surface area (Å²) in [4.78, 5) is 33.9. The summed E-state index contributed by atoms with van der Waals surface area (Å²) in [7, 11) is 1.88. The number of hydrogen-bond acceptors (Lipinski definition) is 10. The zero-order valence-electron chi connectivity index (χ0n) is 23.7. The van der Waals surface area contributed by atoms with Crippen LogP contribution in [0.3, 0.4) is 0 Å². The van der Waals surface area contributed by atoms with Crippen molar-refractivity contribution >= 4 is 30.2 Å². The summed E-state index contributed by atoms with van der Waals surface area (Å²) in [5.41, 5.74) is -0.840. The number of amides is 2. The molecule has 0 aromatic carbocycles. The van der Waals surface area contributed by atoms with Gasteiger partial charge >= 0.3 is 12.2 Å². The van der Waals surface area contributed by atoms with Gasteiger partial charge in [0.15, 0.2) is 0 Å². The highest BCUT2D eigenvalue weighted by atomic mass is 16.6. The first-order chi connectivity index (χ1) is 16.8. The Morgan fingerprint density at radius 1 is 0.811 bits per heavy atom. The molecular formula is C25H41N5O7. The van der Waals surface area contributed by atoms with Gasteiger partial charge in [-0.1, -0.05) is 24.2 Å². The van der Waals surface area contributed by atoms with Crippen molar-refractivity contribution in [1.82, 2.24) is 15.6 Å². The number of ether oxygens (including phenoxy) is 2. The molecule has 0 saturated carbocycles. The van der Waals surface area contributed by atoms with Crippen molar-refractivity contribution in [2.45, 2.75) is 91.3 Å². The molecule has 208 valence electrons. The number of rotatable bonds is 7. The predicted molar refractivity (Wildman–Crippen MR) is 139 cm³/mol. The zero-order chi connectivity index (χ0) is 28.7. The zero-order valence-corrected chi connectivity index (χ0v) is 23.7. The molecule has 12 heteroatoms. The largest absolute Gasteiger partial charge is 0.444 e. The van der Waals surface area contributed by atoms with Crippen LogP contribution >= 0.6 is 0 Å². The van der Waals surface area contributed by atoms with Crippen LogP contribution < -0.4 is 16.0 Å². The van der Waals surface area contributed by atoms with E-state index >= 15 is 0 Å². The Hall–Kier alpha value is -3.41. The monoisotopic (exact) mass is 523 g/mol. The number of nitrogens with one attached hydrogen (secondary N) is 3. The molecule has 0 fully saturated rings. The van der Waals surface area contributed by atoms with Crippen molar-refractivity contribution in [2.75, 3.05) is 24.2 Å². The van der Waals surface area contributed by atoms with Crippen molar-refractivity contribution in [3.8, 4) is 0 Å². The molecular weight excluding hydrogens is 482 g/mol. The molecule has 2 aromatic rings. The summed E-state index contributed by atoms with van der Waals surface area (Å²) in [5.74, 6) is 0.433. The van der Waals surface area contributed by atoms with E-state index in [2.05, 4.69) is 26.3 Å². The predicted octanol–water partition coefficient (Wildman–Crippen LogP) is 5.02. The highest BCUT2D eigenvalue weighted by Crippen LogP contribution is 2.25. The molecule has 0 unspecified atom stereocenters. The van der Waals surface area contributed by atoms with Crippen molar-refractivity contribution < 1.29 is 32.9 Å². The van der Waals surface area contributed by atoms with Crippen LogP contribution in [0.4, 0.5) is 21.4 Å². The molecule has 0 aliphatic carbocycles. The van der Waals surface area contributed by atoms with E-state index < -0.39 is 28.8 Å². The molecule has 12 nitrogen and oxygen atoms in total. The van der Waals surface area contributed by atoms with Crippen LogP contribution in [0.2, 0.25) is 0 Å². The molecule has 2 heterocycles. The van der Waals surface area contributed by atoms with Gasteiger partial charge in [0.1, 0.15) is 17.5 Å². The van der Waals surface area contributed by atoms with Crippen LogP contribution in [-0.2, 0) is 25.1 Å². The minimum Gasteiger partial charge on any atom is -0.444 e. The number of nitrogens with zero attached hydrogens (tertiary/aromatic N) is 2. The van der Waals surface area contributed by atoms with Gasteiger partial charge in [-0.15, -0.1) is 0 Å². The van der Waals surface area contributed by atoms with E-state index in [1.54, 1.807) is 61.5 Å². The lowest BCUT2D eigenvalue weighted by Crippen LogP contribution is -2.31. The van der Waals surface area contributed by atoms with Crippen molar-refractivity contribution in [2.24, 2.45) is 0 Å². The van der Waals surface area contributed by atoms with Gasteiger partial charge in [0, 0.05) is 24.1 Å². The fourth-order valence-corrected chi connectivity index (χ4v) is 2.69. The average Bonchev–Trinajstić information content (AvgIpc) is 3.36. The second-order valence-corrected chi connectivity index (χ2v) is 11.7. The normalized spacial score (nSPS) is 12.2. The highest BCUT2D eigenvalue weighted by molar-refractivity contribution is 5.83. The van der Waals surface area contributed by atoms with Gasteiger partial charge in [0.2, 0.25) is 11.8 Å². The molecule has 2 rings (SSSR count). The third kappa shape index (κ3) is 11.5. The van der Waals surface area contributed by atoms with Gasteiger partial charge < -0.3 is 28.6 Å². The van der Waals surface area contributed by atoms with E-state index in [9.17, 15) is 14.4 Å². The Balaban J connectivity index is 0.000000371. The Bertz CT molecular complexity index is 1040. The first-order valence-corrected chi connectivity index (χ1v) is 11.8. The molecule has 0 radical (unpaired) electrons. The summed E-state index contributed by atoms with van der Waals surface area (Å²) in [6.07, 6.45) is -0.419. The van der Waals surface area contributed by atoms with E-state index in [1.807, 2.05) is 20.9 Å². The Morgan fingerprint density at radius 3 is 1.59 bits per heavy atom. The van der Waals surface area contributed by atoms with Gasteiger partial charge in [-0.25, -0.2) is 9.59 Å². The van der Waals surface area contributed by atoms with Crippen LogP contribution in [0, 0.1) is 0 Å². The number of aldehydes is 1. The minimum atomic E-state index is -0.753. The van der Waals surface area contributed by atoms with Crippen LogP contribution in [0.1, 0.15) is 80.6 Å². The van der Waals surface area contributed by atoms with Crippen molar-refractivity contribution in [3.05, 3.63) is 23.5 Å². The maximum Gasteiger partial charge on any atom is 0.414 e. The molecule has 0 saturated heterocycles. The molecule has 37 heavy (non-hydrogen) atoms. The number of aromatic nitrogens is 2. The molecule has 0 aliphatic rings. The van der Waals surface area contributed by atoms with Gasteiger partial charge in [0.25, 0.3) is 0 Å². The van der Waals surface area contributed by atoms with Gasteiger partial charge in [0.05, 0.1) is 16.8 Å². The molecule has 0 bridgehead atoms. The van der Waals surface area contributed by atoms with Gasteiger partial charge in [-0.2, -0.15) is 0 Å². The van der Waals surface area contributed by atoms with Crippen LogP contribution in [0.25, 0.3) is 0 Å². The number of carbonyl (C=O) groups excluding carboxylic acids is 3. The molecule has 0 aliphatic heterocycles. The number of hydrogen-bond donors (Lipinski definition) is 3. The Kier molecular flexibility index (Phi) is 10.4. The number of anilines is 2. The second kappa shape index (κ2) is 12.2. The van der Waals surface area contributed by atoms with E-state index in [1.165, 1.54) is 6.07 Å². The lowest BCUT2D eigenvalue weighted by Gasteiger charge is -2.20. The lowest BCUT2D eigenvalue weighted by atomic mass is 9.89. The summed E-state index contributed by atoms with van der Waals surface area (Å²) >= 11 is 0. The first kappa shape index (κ1) is 31.6. The SMILES string of the molecule is CC(C)(C)OC(=O)Nc1cc(C(C)(C)C=O)no1.CNCC(C)(C)c1cc(NC(=O)OC(C)(C)C)on1. The molecule has 3 N–H and O–H groups in total. The summed E-state index contributed by atoms with van der Waals surface area (Å²) in [6.45, 7) is 18.9. The fraction of sp³-hybridized carbons (Fsp3) is 0.640. The van der Waals surface area contributed by atoms with Crippen LogP contribution in [-0.4, -0.2) is 53.6 Å². The van der Waals surface area contributed by atoms with Crippen LogP contribution in [0.15, 0.2) is 21.2 Å².